The van der Waals surface area contributed by atoms with Crippen LogP contribution in [0, 0.1) is 0 Å². The van der Waals surface area contributed by atoms with Crippen molar-refractivity contribution in [3.63, 3.8) is 0 Å². The fourth-order valence-electron chi connectivity index (χ4n) is 3.08. The Kier molecular flexibility index (Phi) is 7.74. The van der Waals surface area contributed by atoms with Crippen LogP contribution in [-0.2, 0) is 48.9 Å². The third-order valence-electron chi connectivity index (χ3n) is 4.11. The third kappa shape index (κ3) is 7.13. The number of hydrogen-bond acceptors (Lipinski definition) is 9. The number of carbonyl (C=O) groups is 3. The minimum absolute atomic E-state index is 0.229. The molecule has 0 aliphatic carbocycles. The molecule has 0 radical (unpaired) electrons. The molecule has 0 spiro atoms. The Morgan fingerprint density at radius 2 is 1.45 bits per heavy atom. The van der Waals surface area contributed by atoms with E-state index in [0.29, 0.717) is 5.56 Å². The number of ether oxygens (including phenoxy) is 4. The van der Waals surface area contributed by atoms with Crippen LogP contribution in [0.2, 0.25) is 0 Å². The van der Waals surface area contributed by atoms with Crippen molar-refractivity contribution in [1.29, 1.82) is 0 Å². The molecular formula is C19H24O9S. The van der Waals surface area contributed by atoms with Gasteiger partial charge in [0, 0.05) is 20.8 Å². The highest BCUT2D eigenvalue weighted by Crippen LogP contribution is 2.29. The highest BCUT2D eigenvalue weighted by Gasteiger charge is 2.50. The normalized spacial score (nSPS) is 24.0. The minimum Gasteiger partial charge on any atom is -0.463 e. The van der Waals surface area contributed by atoms with Crippen molar-refractivity contribution < 1.29 is 41.7 Å². The van der Waals surface area contributed by atoms with Gasteiger partial charge in [-0.25, -0.2) is 8.42 Å². The van der Waals surface area contributed by atoms with Crippen molar-refractivity contribution in [3.05, 3.63) is 35.9 Å². The fourth-order valence-corrected chi connectivity index (χ4v) is 4.66. The lowest BCUT2D eigenvalue weighted by Gasteiger charge is -2.23. The van der Waals surface area contributed by atoms with E-state index in [0.717, 1.165) is 13.8 Å². The average molecular weight is 428 g/mol. The second-order valence-corrected chi connectivity index (χ2v) is 8.81. The molecule has 0 saturated carbocycles. The Morgan fingerprint density at radius 3 is 1.97 bits per heavy atom. The van der Waals surface area contributed by atoms with Crippen molar-refractivity contribution in [2.45, 2.75) is 50.9 Å². The zero-order chi connectivity index (χ0) is 21.6. The summed E-state index contributed by atoms with van der Waals surface area (Å²) in [6, 6.07) is 8.59. The first kappa shape index (κ1) is 22.8. The summed E-state index contributed by atoms with van der Waals surface area (Å²) in [5, 5.41) is 0. The predicted octanol–water partition coefficient (Wildman–Crippen LogP) is 0.795. The molecule has 1 saturated heterocycles. The molecule has 1 aliphatic rings. The lowest BCUT2D eigenvalue weighted by Crippen LogP contribution is -2.42. The van der Waals surface area contributed by atoms with Crippen LogP contribution in [0.4, 0.5) is 0 Å². The highest BCUT2D eigenvalue weighted by atomic mass is 32.2. The van der Waals surface area contributed by atoms with Crippen molar-refractivity contribution in [2.24, 2.45) is 0 Å². The second kappa shape index (κ2) is 9.84. The number of esters is 3. The summed E-state index contributed by atoms with van der Waals surface area (Å²) in [5.74, 6) is -2.63. The Morgan fingerprint density at radius 1 is 0.897 bits per heavy atom. The molecule has 10 heteroatoms. The molecule has 160 valence electrons. The summed E-state index contributed by atoms with van der Waals surface area (Å²) in [5.41, 5.74) is 0.600. The molecule has 29 heavy (non-hydrogen) atoms. The first-order chi connectivity index (χ1) is 13.6. The van der Waals surface area contributed by atoms with E-state index in [4.69, 9.17) is 18.9 Å². The lowest BCUT2D eigenvalue weighted by atomic mass is 10.1. The maximum Gasteiger partial charge on any atom is 0.303 e. The molecular weight excluding hydrogens is 404 g/mol. The topological polar surface area (TPSA) is 122 Å². The van der Waals surface area contributed by atoms with Crippen molar-refractivity contribution in [1.82, 2.24) is 0 Å². The molecule has 2 rings (SSSR count). The molecule has 0 N–H and O–H groups in total. The molecule has 4 atom stereocenters. The third-order valence-corrected chi connectivity index (χ3v) is 5.72. The number of benzene rings is 1. The molecule has 1 fully saturated rings. The smallest absolute Gasteiger partial charge is 0.303 e. The van der Waals surface area contributed by atoms with Crippen LogP contribution in [0.25, 0.3) is 0 Å². The van der Waals surface area contributed by atoms with Gasteiger partial charge in [-0.05, 0) is 5.56 Å². The molecule has 9 nitrogen and oxygen atoms in total. The Hall–Kier alpha value is -2.46. The number of sulfone groups is 1. The second-order valence-electron chi connectivity index (χ2n) is 6.70. The Balaban J connectivity index is 2.22. The maximum atomic E-state index is 12.7. The maximum absolute atomic E-state index is 12.7. The molecule has 0 aromatic heterocycles. The van der Waals surface area contributed by atoms with Gasteiger partial charge in [-0.15, -0.1) is 0 Å². The van der Waals surface area contributed by atoms with E-state index < -0.39 is 57.9 Å². The van der Waals surface area contributed by atoms with Gasteiger partial charge in [0.2, 0.25) is 0 Å². The van der Waals surface area contributed by atoms with E-state index >= 15 is 0 Å². The molecule has 1 heterocycles. The van der Waals surface area contributed by atoms with Gasteiger partial charge in [0.15, 0.2) is 22.0 Å². The summed E-state index contributed by atoms with van der Waals surface area (Å²) in [6.45, 7) is 3.23. The monoisotopic (exact) mass is 428 g/mol. The van der Waals surface area contributed by atoms with E-state index in [1.807, 2.05) is 0 Å². The summed E-state index contributed by atoms with van der Waals surface area (Å²) >= 11 is 0. The minimum atomic E-state index is -3.66. The molecule has 0 unspecified atom stereocenters. The van der Waals surface area contributed by atoms with E-state index in [1.165, 1.54) is 6.92 Å². The van der Waals surface area contributed by atoms with Crippen LogP contribution in [-0.4, -0.2) is 63.1 Å². The van der Waals surface area contributed by atoms with E-state index in [2.05, 4.69) is 0 Å². The van der Waals surface area contributed by atoms with Gasteiger partial charge in [0.1, 0.15) is 18.8 Å². The summed E-state index contributed by atoms with van der Waals surface area (Å²) in [6.07, 6.45) is -4.31. The van der Waals surface area contributed by atoms with Crippen molar-refractivity contribution in [3.8, 4) is 0 Å². The zero-order valence-corrected chi connectivity index (χ0v) is 17.2. The molecule has 0 amide bonds. The van der Waals surface area contributed by atoms with Crippen LogP contribution < -0.4 is 0 Å². The largest absolute Gasteiger partial charge is 0.463 e. The first-order valence-corrected chi connectivity index (χ1v) is 10.8. The molecule has 1 aromatic carbocycles. The first-order valence-electron chi connectivity index (χ1n) is 8.95. The van der Waals surface area contributed by atoms with Gasteiger partial charge in [-0.3, -0.25) is 14.4 Å². The van der Waals surface area contributed by atoms with Crippen LogP contribution in [0.15, 0.2) is 30.3 Å². The van der Waals surface area contributed by atoms with Crippen LogP contribution in [0.3, 0.4) is 0 Å². The summed E-state index contributed by atoms with van der Waals surface area (Å²) < 4.78 is 46.4. The van der Waals surface area contributed by atoms with E-state index in [1.54, 1.807) is 30.3 Å². The quantitative estimate of drug-likeness (QED) is 0.437. The standard InChI is InChI=1S/C19H24O9S/c1-12(20)25-9-16-18(26-13(2)21)19(27-14(3)22)17(28-16)11-29(23,24)10-15-7-5-4-6-8-15/h4-8,16-19H,9-11H2,1-3H3/t16-,17-,18-,19+/m1/s1. The van der Waals surface area contributed by atoms with Crippen LogP contribution >= 0.6 is 0 Å². The van der Waals surface area contributed by atoms with Gasteiger partial charge in [-0.2, -0.15) is 0 Å². The molecule has 0 bridgehead atoms. The van der Waals surface area contributed by atoms with Crippen molar-refractivity contribution >= 4 is 27.7 Å². The van der Waals surface area contributed by atoms with Gasteiger partial charge in [0.25, 0.3) is 0 Å². The Bertz CT molecular complexity index is 834. The molecule has 1 aliphatic heterocycles. The van der Waals surface area contributed by atoms with Crippen LogP contribution in [0.1, 0.15) is 26.3 Å². The van der Waals surface area contributed by atoms with Crippen LogP contribution in [0.5, 0.6) is 0 Å². The Labute approximate surface area is 169 Å². The summed E-state index contributed by atoms with van der Waals surface area (Å²) in [7, 11) is -3.66. The van der Waals surface area contributed by atoms with Gasteiger partial charge >= 0.3 is 17.9 Å². The number of rotatable bonds is 8. The zero-order valence-electron chi connectivity index (χ0n) is 16.4. The van der Waals surface area contributed by atoms with E-state index in [9.17, 15) is 22.8 Å². The SMILES string of the molecule is CC(=O)OC[C@H]1O[C@H](CS(=O)(=O)Cc2ccccc2)[C@H](OC(C)=O)[C@@H]1OC(C)=O. The van der Waals surface area contributed by atoms with Gasteiger partial charge < -0.3 is 18.9 Å². The number of carbonyl (C=O) groups excluding carboxylic acids is 3. The predicted molar refractivity (Wildman–Crippen MR) is 100 cm³/mol. The lowest BCUT2D eigenvalue weighted by molar-refractivity contribution is -0.165. The van der Waals surface area contributed by atoms with Gasteiger partial charge in [0.05, 0.1) is 11.5 Å². The molecule has 1 aromatic rings. The van der Waals surface area contributed by atoms with Gasteiger partial charge in [-0.1, -0.05) is 30.3 Å². The average Bonchev–Trinajstić information content (AvgIpc) is 2.88. The summed E-state index contributed by atoms with van der Waals surface area (Å²) in [4.78, 5) is 34.2. The van der Waals surface area contributed by atoms with Crippen molar-refractivity contribution in [2.75, 3.05) is 12.4 Å². The number of hydrogen-bond donors (Lipinski definition) is 0. The highest BCUT2D eigenvalue weighted by molar-refractivity contribution is 7.90. The fraction of sp³-hybridized carbons (Fsp3) is 0.526. The van der Waals surface area contributed by atoms with E-state index in [-0.39, 0.29) is 12.4 Å².